The SMILES string of the molecule is Cc1cc(NC(=O)c2csc(C3CCN(C(=O)Cc4ccc(F)cc4)CC3)n2)sn1. The average molecular weight is 445 g/mol. The van der Waals surface area contributed by atoms with Crippen LogP contribution in [-0.2, 0) is 11.2 Å². The third-order valence-corrected chi connectivity index (χ3v) is 6.89. The van der Waals surface area contributed by atoms with Crippen LogP contribution in [0.2, 0.25) is 0 Å². The zero-order valence-corrected chi connectivity index (χ0v) is 18.1. The summed E-state index contributed by atoms with van der Waals surface area (Å²) < 4.78 is 17.2. The Kier molecular flexibility index (Phi) is 6.19. The third kappa shape index (κ3) is 4.91. The molecule has 1 aromatic carbocycles. The highest BCUT2D eigenvalue weighted by atomic mass is 32.1. The number of amides is 2. The number of nitrogens with zero attached hydrogens (tertiary/aromatic N) is 3. The number of carbonyl (C=O) groups excluding carboxylic acids is 2. The summed E-state index contributed by atoms with van der Waals surface area (Å²) in [6, 6.07) is 7.88. The van der Waals surface area contributed by atoms with Crippen molar-refractivity contribution in [2.45, 2.75) is 32.1 Å². The Bertz CT molecular complexity index is 1040. The molecule has 6 nitrogen and oxygen atoms in total. The van der Waals surface area contributed by atoms with Crippen molar-refractivity contribution in [1.29, 1.82) is 0 Å². The standard InChI is InChI=1S/C21H21FN4O2S2/c1-13-10-18(30-25-13)24-20(28)17-12-29-21(23-17)15-6-8-26(9-7-15)19(27)11-14-2-4-16(22)5-3-14/h2-5,10,12,15H,6-9,11H2,1H3,(H,24,28). The number of aromatic nitrogens is 2. The van der Waals surface area contributed by atoms with Gasteiger partial charge < -0.3 is 10.2 Å². The van der Waals surface area contributed by atoms with Gasteiger partial charge in [-0.25, -0.2) is 9.37 Å². The lowest BCUT2D eigenvalue weighted by molar-refractivity contribution is -0.131. The number of piperidine rings is 1. The fraction of sp³-hybridized carbons (Fsp3) is 0.333. The van der Waals surface area contributed by atoms with E-state index in [0.29, 0.717) is 23.8 Å². The van der Waals surface area contributed by atoms with Crippen LogP contribution in [0.25, 0.3) is 0 Å². The molecule has 0 atom stereocenters. The van der Waals surface area contributed by atoms with Crippen molar-refractivity contribution in [3.8, 4) is 0 Å². The Hall–Kier alpha value is -2.65. The molecule has 4 rings (SSSR count). The Morgan fingerprint density at radius 2 is 1.97 bits per heavy atom. The van der Waals surface area contributed by atoms with Crippen LogP contribution in [0.4, 0.5) is 9.39 Å². The average Bonchev–Trinajstić information content (AvgIpc) is 3.39. The molecule has 0 saturated carbocycles. The van der Waals surface area contributed by atoms with Crippen LogP contribution in [0.3, 0.4) is 0 Å². The molecular formula is C21H21FN4O2S2. The van der Waals surface area contributed by atoms with E-state index in [-0.39, 0.29) is 30.0 Å². The van der Waals surface area contributed by atoms with Crippen molar-refractivity contribution in [3.05, 3.63) is 63.5 Å². The molecule has 3 heterocycles. The van der Waals surface area contributed by atoms with Crippen LogP contribution in [0.5, 0.6) is 0 Å². The molecule has 0 bridgehead atoms. The highest BCUT2D eigenvalue weighted by Crippen LogP contribution is 2.31. The topological polar surface area (TPSA) is 75.2 Å². The van der Waals surface area contributed by atoms with Crippen LogP contribution in [0.15, 0.2) is 35.7 Å². The molecule has 2 aromatic heterocycles. The van der Waals surface area contributed by atoms with Gasteiger partial charge in [0.1, 0.15) is 16.5 Å². The molecule has 0 aliphatic carbocycles. The van der Waals surface area contributed by atoms with E-state index in [4.69, 9.17) is 0 Å². The number of aryl methyl sites for hydroxylation is 1. The second-order valence-corrected chi connectivity index (χ2v) is 9.01. The van der Waals surface area contributed by atoms with E-state index >= 15 is 0 Å². The first-order valence-electron chi connectivity index (χ1n) is 9.70. The largest absolute Gasteiger partial charge is 0.342 e. The van der Waals surface area contributed by atoms with Crippen molar-refractivity contribution in [2.24, 2.45) is 0 Å². The van der Waals surface area contributed by atoms with Crippen LogP contribution in [0.1, 0.15) is 45.5 Å². The zero-order valence-electron chi connectivity index (χ0n) is 16.4. The maximum Gasteiger partial charge on any atom is 0.275 e. The molecule has 1 aliphatic rings. The number of thiazole rings is 1. The quantitative estimate of drug-likeness (QED) is 0.638. The van der Waals surface area contributed by atoms with E-state index in [1.54, 1.807) is 17.5 Å². The fourth-order valence-electron chi connectivity index (χ4n) is 3.44. The minimum atomic E-state index is -0.300. The lowest BCUT2D eigenvalue weighted by Gasteiger charge is -2.31. The van der Waals surface area contributed by atoms with Gasteiger partial charge in [0.05, 0.1) is 17.1 Å². The Labute approximate surface area is 181 Å². The lowest BCUT2D eigenvalue weighted by Crippen LogP contribution is -2.38. The van der Waals surface area contributed by atoms with Crippen molar-refractivity contribution < 1.29 is 14.0 Å². The summed E-state index contributed by atoms with van der Waals surface area (Å²) in [4.78, 5) is 31.3. The fourth-order valence-corrected chi connectivity index (χ4v) is 5.07. The maximum absolute atomic E-state index is 13.0. The molecule has 1 saturated heterocycles. The van der Waals surface area contributed by atoms with Gasteiger partial charge in [-0.1, -0.05) is 12.1 Å². The number of hydrogen-bond donors (Lipinski definition) is 1. The van der Waals surface area contributed by atoms with E-state index in [0.717, 1.165) is 29.1 Å². The van der Waals surface area contributed by atoms with Crippen molar-refractivity contribution in [1.82, 2.24) is 14.3 Å². The van der Waals surface area contributed by atoms with Gasteiger partial charge in [-0.05, 0) is 55.1 Å². The van der Waals surface area contributed by atoms with Crippen LogP contribution >= 0.6 is 22.9 Å². The molecule has 1 aliphatic heterocycles. The van der Waals surface area contributed by atoms with Crippen molar-refractivity contribution in [3.63, 3.8) is 0 Å². The number of anilines is 1. The van der Waals surface area contributed by atoms with Gasteiger partial charge in [0.2, 0.25) is 5.91 Å². The minimum absolute atomic E-state index is 0.0547. The van der Waals surface area contributed by atoms with Gasteiger partial charge >= 0.3 is 0 Å². The molecule has 2 amide bonds. The van der Waals surface area contributed by atoms with E-state index in [1.807, 2.05) is 17.9 Å². The van der Waals surface area contributed by atoms with E-state index < -0.39 is 0 Å². The molecule has 156 valence electrons. The van der Waals surface area contributed by atoms with Gasteiger partial charge in [0.15, 0.2) is 0 Å². The third-order valence-electron chi connectivity index (χ3n) is 5.08. The first-order chi connectivity index (χ1) is 14.5. The highest BCUT2D eigenvalue weighted by molar-refractivity contribution is 7.10. The smallest absolute Gasteiger partial charge is 0.275 e. The lowest BCUT2D eigenvalue weighted by atomic mass is 9.97. The summed E-state index contributed by atoms with van der Waals surface area (Å²) in [7, 11) is 0. The van der Waals surface area contributed by atoms with E-state index in [9.17, 15) is 14.0 Å². The second kappa shape index (κ2) is 9.01. The van der Waals surface area contributed by atoms with Crippen LogP contribution in [-0.4, -0.2) is 39.2 Å². The number of halogens is 1. The normalized spacial score (nSPS) is 14.7. The molecule has 0 unspecified atom stereocenters. The van der Waals surface area contributed by atoms with Gasteiger partial charge in [0.25, 0.3) is 5.91 Å². The van der Waals surface area contributed by atoms with Crippen LogP contribution < -0.4 is 5.32 Å². The summed E-state index contributed by atoms with van der Waals surface area (Å²) in [5, 5.41) is 6.26. The number of likely N-dealkylation sites (tertiary alicyclic amines) is 1. The van der Waals surface area contributed by atoms with Crippen LogP contribution in [0, 0.1) is 12.7 Å². The number of benzene rings is 1. The predicted octanol–water partition coefficient (Wildman–Crippen LogP) is 4.25. The Balaban J connectivity index is 1.30. The van der Waals surface area contributed by atoms with Gasteiger partial charge in [-0.3, -0.25) is 9.59 Å². The summed E-state index contributed by atoms with van der Waals surface area (Å²) in [6.45, 7) is 3.20. The van der Waals surface area contributed by atoms with Gasteiger partial charge in [-0.2, -0.15) is 4.37 Å². The van der Waals surface area contributed by atoms with Crippen molar-refractivity contribution in [2.75, 3.05) is 18.4 Å². The molecular weight excluding hydrogens is 423 g/mol. The zero-order chi connectivity index (χ0) is 21.1. The summed E-state index contributed by atoms with van der Waals surface area (Å²) >= 11 is 2.74. The first-order valence-corrected chi connectivity index (χ1v) is 11.4. The number of carbonyl (C=O) groups is 2. The monoisotopic (exact) mass is 444 g/mol. The summed E-state index contributed by atoms with van der Waals surface area (Å²) in [5.74, 6) is -0.227. The number of rotatable bonds is 5. The molecule has 0 spiro atoms. The van der Waals surface area contributed by atoms with Crippen molar-refractivity contribution >= 4 is 39.7 Å². The molecule has 3 aromatic rings. The maximum atomic E-state index is 13.0. The highest BCUT2D eigenvalue weighted by Gasteiger charge is 2.26. The molecule has 1 N–H and O–H groups in total. The minimum Gasteiger partial charge on any atom is -0.342 e. The molecule has 0 radical (unpaired) electrons. The number of hydrogen-bond acceptors (Lipinski definition) is 6. The Morgan fingerprint density at radius 3 is 2.63 bits per heavy atom. The molecule has 30 heavy (non-hydrogen) atoms. The summed E-state index contributed by atoms with van der Waals surface area (Å²) in [5.41, 5.74) is 2.10. The second-order valence-electron chi connectivity index (χ2n) is 7.32. The van der Waals surface area contributed by atoms with E-state index in [1.165, 1.54) is 35.0 Å². The Morgan fingerprint density at radius 1 is 1.23 bits per heavy atom. The first kappa shape index (κ1) is 20.6. The molecule has 9 heteroatoms. The van der Waals surface area contributed by atoms with Gasteiger partial charge in [0, 0.05) is 24.4 Å². The predicted molar refractivity (Wildman–Crippen MR) is 116 cm³/mol. The number of nitrogens with one attached hydrogen (secondary N) is 1. The summed E-state index contributed by atoms with van der Waals surface area (Å²) in [6.07, 6.45) is 1.92. The molecule has 1 fully saturated rings. The van der Waals surface area contributed by atoms with E-state index in [2.05, 4.69) is 14.7 Å². The van der Waals surface area contributed by atoms with Gasteiger partial charge in [-0.15, -0.1) is 11.3 Å².